The number of halogens is 3. The Morgan fingerprint density at radius 2 is 1.81 bits per heavy atom. The Morgan fingerprint density at radius 1 is 1.03 bits per heavy atom. The van der Waals surface area contributed by atoms with Crippen LogP contribution in [0, 0.1) is 0 Å². The molecule has 1 N–H and O–H groups in total. The van der Waals surface area contributed by atoms with E-state index in [4.69, 9.17) is 0 Å². The number of benzene rings is 1. The number of rotatable bonds is 4. The Morgan fingerprint density at radius 3 is 2.58 bits per heavy atom. The van der Waals surface area contributed by atoms with Crippen molar-refractivity contribution in [2.75, 3.05) is 11.9 Å². The number of nitrogens with one attached hydrogen (secondary N) is 1. The fourth-order valence-corrected chi connectivity index (χ4v) is 3.64. The third-order valence-corrected chi connectivity index (χ3v) is 5.13. The van der Waals surface area contributed by atoms with Crippen molar-refractivity contribution in [2.45, 2.75) is 31.5 Å². The first-order valence-corrected chi connectivity index (χ1v) is 9.91. The summed E-state index contributed by atoms with van der Waals surface area (Å²) in [7, 11) is 0. The molecule has 1 fully saturated rings. The van der Waals surface area contributed by atoms with Crippen LogP contribution >= 0.6 is 0 Å². The maximum atomic E-state index is 13.0. The summed E-state index contributed by atoms with van der Waals surface area (Å²) in [6.45, 7) is 0.611. The predicted octanol–water partition coefficient (Wildman–Crippen LogP) is 5.00. The van der Waals surface area contributed by atoms with E-state index in [0.717, 1.165) is 37.6 Å². The first kappa shape index (κ1) is 20.8. The number of carbonyl (C=O) groups is 1. The van der Waals surface area contributed by atoms with E-state index in [1.807, 2.05) is 18.2 Å². The largest absolute Gasteiger partial charge is 0.416 e. The van der Waals surface area contributed by atoms with Crippen molar-refractivity contribution >= 4 is 17.7 Å². The Balaban J connectivity index is 1.57. The molecule has 1 atom stereocenters. The van der Waals surface area contributed by atoms with Crippen molar-refractivity contribution in [2.24, 2.45) is 0 Å². The van der Waals surface area contributed by atoms with Crippen LogP contribution in [0.15, 0.2) is 60.9 Å². The minimum absolute atomic E-state index is 0.00663. The van der Waals surface area contributed by atoms with Gasteiger partial charge in [-0.3, -0.25) is 4.79 Å². The number of nitrogens with zero attached hydrogens (tertiary/aromatic N) is 4. The standard InChI is InChI=1S/C22H20F3N5O/c23-22(24,25)16-9-11-26-19(14-16)29-21-27-12-10-17(28-21)18-8-4-5-13-30(18)20(31)15-6-2-1-3-7-15/h1-3,6-7,9-12,14,18H,4-5,8,13H2,(H,26,27,28,29). The van der Waals surface area contributed by atoms with Crippen molar-refractivity contribution in [1.29, 1.82) is 0 Å². The summed E-state index contributed by atoms with van der Waals surface area (Å²) in [6, 6.07) is 12.3. The van der Waals surface area contributed by atoms with Crippen molar-refractivity contribution in [3.63, 3.8) is 0 Å². The van der Waals surface area contributed by atoms with Gasteiger partial charge in [-0.15, -0.1) is 0 Å². The number of likely N-dealkylation sites (tertiary alicyclic amines) is 1. The number of anilines is 2. The van der Waals surface area contributed by atoms with Crippen LogP contribution in [0.2, 0.25) is 0 Å². The quantitative estimate of drug-likeness (QED) is 0.634. The maximum absolute atomic E-state index is 13.0. The van der Waals surface area contributed by atoms with E-state index in [9.17, 15) is 18.0 Å². The van der Waals surface area contributed by atoms with Gasteiger partial charge in [0.25, 0.3) is 5.91 Å². The lowest BCUT2D eigenvalue weighted by Crippen LogP contribution is -2.38. The number of piperidine rings is 1. The predicted molar refractivity (Wildman–Crippen MR) is 109 cm³/mol. The summed E-state index contributed by atoms with van der Waals surface area (Å²) in [5, 5.41) is 2.73. The van der Waals surface area contributed by atoms with E-state index in [1.165, 1.54) is 6.20 Å². The molecule has 1 aliphatic heterocycles. The lowest BCUT2D eigenvalue weighted by Gasteiger charge is -2.35. The van der Waals surface area contributed by atoms with Gasteiger partial charge in [0.05, 0.1) is 17.3 Å². The van der Waals surface area contributed by atoms with Gasteiger partial charge in [-0.1, -0.05) is 18.2 Å². The zero-order chi connectivity index (χ0) is 21.8. The molecule has 3 aromatic rings. The average molecular weight is 427 g/mol. The first-order chi connectivity index (χ1) is 14.9. The molecule has 9 heteroatoms. The highest BCUT2D eigenvalue weighted by Crippen LogP contribution is 2.32. The summed E-state index contributed by atoms with van der Waals surface area (Å²) >= 11 is 0. The minimum Gasteiger partial charge on any atom is -0.330 e. The topological polar surface area (TPSA) is 71.0 Å². The van der Waals surface area contributed by atoms with E-state index in [-0.39, 0.29) is 23.7 Å². The highest BCUT2D eigenvalue weighted by Gasteiger charge is 2.31. The maximum Gasteiger partial charge on any atom is 0.416 e. The van der Waals surface area contributed by atoms with Crippen LogP contribution < -0.4 is 5.32 Å². The summed E-state index contributed by atoms with van der Waals surface area (Å²) in [5.74, 6) is 0.0489. The molecule has 1 amide bonds. The molecule has 0 aliphatic carbocycles. The van der Waals surface area contributed by atoms with Gasteiger partial charge >= 0.3 is 6.18 Å². The SMILES string of the molecule is O=C(c1ccccc1)N1CCCCC1c1ccnc(Nc2cc(C(F)(F)F)ccn2)n1. The number of alkyl halides is 3. The number of hydrogen-bond acceptors (Lipinski definition) is 5. The van der Waals surface area contributed by atoms with Crippen molar-refractivity contribution in [1.82, 2.24) is 19.9 Å². The molecular weight excluding hydrogens is 407 g/mol. The number of amides is 1. The second-order valence-electron chi connectivity index (χ2n) is 7.23. The normalized spacial score (nSPS) is 16.7. The van der Waals surface area contributed by atoms with Crippen LogP contribution in [0.5, 0.6) is 0 Å². The zero-order valence-electron chi connectivity index (χ0n) is 16.5. The van der Waals surface area contributed by atoms with Gasteiger partial charge in [0.15, 0.2) is 0 Å². The highest BCUT2D eigenvalue weighted by atomic mass is 19.4. The lowest BCUT2D eigenvalue weighted by molar-refractivity contribution is -0.137. The Bertz CT molecular complexity index is 1060. The molecule has 4 rings (SSSR count). The number of carbonyl (C=O) groups excluding carboxylic acids is 1. The number of hydrogen-bond donors (Lipinski definition) is 1. The summed E-state index contributed by atoms with van der Waals surface area (Å²) in [5.41, 5.74) is 0.427. The van der Waals surface area contributed by atoms with Gasteiger partial charge in [0, 0.05) is 24.5 Å². The highest BCUT2D eigenvalue weighted by molar-refractivity contribution is 5.94. The molecule has 1 aliphatic rings. The van der Waals surface area contributed by atoms with Crippen molar-refractivity contribution < 1.29 is 18.0 Å². The van der Waals surface area contributed by atoms with E-state index in [0.29, 0.717) is 17.8 Å². The van der Waals surface area contributed by atoms with Gasteiger partial charge < -0.3 is 10.2 Å². The smallest absolute Gasteiger partial charge is 0.330 e. The Kier molecular flexibility index (Phi) is 5.83. The molecule has 3 heterocycles. The molecular formula is C22H20F3N5O. The van der Waals surface area contributed by atoms with Gasteiger partial charge in [-0.25, -0.2) is 15.0 Å². The molecule has 6 nitrogen and oxygen atoms in total. The third-order valence-electron chi connectivity index (χ3n) is 5.13. The monoisotopic (exact) mass is 427 g/mol. The number of aromatic nitrogens is 3. The molecule has 1 unspecified atom stereocenters. The Hall–Kier alpha value is -3.49. The molecule has 2 aromatic heterocycles. The molecule has 0 bridgehead atoms. The summed E-state index contributed by atoms with van der Waals surface area (Å²) in [4.78, 5) is 27.3. The van der Waals surface area contributed by atoms with Crippen molar-refractivity contribution in [3.05, 3.63) is 77.7 Å². The van der Waals surface area contributed by atoms with E-state index in [1.54, 1.807) is 23.1 Å². The van der Waals surface area contributed by atoms with Gasteiger partial charge in [0.2, 0.25) is 5.95 Å². The van der Waals surface area contributed by atoms with Crippen LogP contribution in [0.25, 0.3) is 0 Å². The van der Waals surface area contributed by atoms with E-state index in [2.05, 4.69) is 20.3 Å². The van der Waals surface area contributed by atoms with Gasteiger partial charge in [-0.2, -0.15) is 13.2 Å². The minimum atomic E-state index is -4.47. The average Bonchev–Trinajstić information content (AvgIpc) is 2.79. The summed E-state index contributed by atoms with van der Waals surface area (Å²) < 4.78 is 38.8. The fourth-order valence-electron chi connectivity index (χ4n) is 3.64. The molecule has 0 spiro atoms. The first-order valence-electron chi connectivity index (χ1n) is 9.91. The van der Waals surface area contributed by atoms with Crippen LogP contribution in [0.4, 0.5) is 24.9 Å². The van der Waals surface area contributed by atoms with Crippen LogP contribution in [0.1, 0.15) is 46.9 Å². The lowest BCUT2D eigenvalue weighted by atomic mass is 9.98. The Labute approximate surface area is 177 Å². The van der Waals surface area contributed by atoms with E-state index < -0.39 is 11.7 Å². The second-order valence-corrected chi connectivity index (χ2v) is 7.23. The van der Waals surface area contributed by atoms with Gasteiger partial charge in [0.1, 0.15) is 5.82 Å². The van der Waals surface area contributed by atoms with Gasteiger partial charge in [-0.05, 0) is 49.6 Å². The fraction of sp³-hybridized carbons (Fsp3) is 0.273. The molecule has 1 saturated heterocycles. The molecule has 160 valence electrons. The summed E-state index contributed by atoms with van der Waals surface area (Å²) in [6.07, 6.45) is 0.734. The second kappa shape index (κ2) is 8.71. The molecule has 0 saturated carbocycles. The third kappa shape index (κ3) is 4.82. The number of pyridine rings is 1. The molecule has 0 radical (unpaired) electrons. The molecule has 1 aromatic carbocycles. The zero-order valence-corrected chi connectivity index (χ0v) is 16.5. The van der Waals surface area contributed by atoms with Crippen LogP contribution in [0.3, 0.4) is 0 Å². The van der Waals surface area contributed by atoms with E-state index >= 15 is 0 Å². The van der Waals surface area contributed by atoms with Crippen LogP contribution in [-0.2, 0) is 6.18 Å². The van der Waals surface area contributed by atoms with Crippen LogP contribution in [-0.4, -0.2) is 32.3 Å². The van der Waals surface area contributed by atoms with Crippen molar-refractivity contribution in [3.8, 4) is 0 Å². The molecule has 31 heavy (non-hydrogen) atoms.